The van der Waals surface area contributed by atoms with Crippen LogP contribution < -0.4 is 10.2 Å². The first kappa shape index (κ1) is 25.0. The van der Waals surface area contributed by atoms with Gasteiger partial charge in [0.05, 0.1) is 10.6 Å². The number of rotatable bonds is 5. The molecule has 0 saturated carbocycles. The van der Waals surface area contributed by atoms with Gasteiger partial charge in [-0.15, -0.1) is 0 Å². The Kier molecular flexibility index (Phi) is 6.07. The lowest BCUT2D eigenvalue weighted by atomic mass is 9.97. The number of piperidine rings is 1. The maximum atomic E-state index is 13.9. The maximum absolute atomic E-state index is 13.9. The highest BCUT2D eigenvalue weighted by Crippen LogP contribution is 2.37. The van der Waals surface area contributed by atoms with E-state index >= 15 is 0 Å². The molecule has 1 fully saturated rings. The number of benzene rings is 2. The number of nitrogens with one attached hydrogen (secondary N) is 1. The van der Waals surface area contributed by atoms with E-state index in [9.17, 15) is 22.5 Å². The van der Waals surface area contributed by atoms with E-state index in [2.05, 4.69) is 16.4 Å². The van der Waals surface area contributed by atoms with Crippen LogP contribution in [0.15, 0.2) is 53.6 Å². The van der Waals surface area contributed by atoms with Gasteiger partial charge in [-0.3, -0.25) is 4.40 Å². The predicted octanol–water partition coefficient (Wildman–Crippen LogP) is 5.48. The van der Waals surface area contributed by atoms with Gasteiger partial charge in [0.1, 0.15) is 17.5 Å². The van der Waals surface area contributed by atoms with Crippen LogP contribution in [0.2, 0.25) is 0 Å². The Morgan fingerprint density at radius 3 is 2.51 bits per heavy atom. The van der Waals surface area contributed by atoms with Gasteiger partial charge in [-0.25, -0.2) is 22.2 Å². The van der Waals surface area contributed by atoms with E-state index in [-0.39, 0.29) is 42.6 Å². The van der Waals surface area contributed by atoms with E-state index in [4.69, 9.17) is 0 Å². The van der Waals surface area contributed by atoms with E-state index in [0.29, 0.717) is 17.2 Å². The first-order chi connectivity index (χ1) is 17.5. The molecule has 1 unspecified atom stereocenters. The minimum absolute atomic E-state index is 0.185. The number of fused-ring (bicyclic) bond motifs is 3. The fraction of sp³-hybridized carbons (Fsp3) is 0.333. The molecule has 0 spiro atoms. The van der Waals surface area contributed by atoms with E-state index < -0.39 is 15.8 Å². The van der Waals surface area contributed by atoms with Crippen molar-refractivity contribution in [2.45, 2.75) is 43.5 Å². The number of imidazole rings is 1. The van der Waals surface area contributed by atoms with Crippen molar-refractivity contribution in [3.8, 4) is 6.07 Å². The quantitative estimate of drug-likeness (QED) is 0.373. The van der Waals surface area contributed by atoms with Crippen molar-refractivity contribution >= 4 is 37.8 Å². The van der Waals surface area contributed by atoms with Gasteiger partial charge in [-0.2, -0.15) is 5.26 Å². The molecule has 2 aromatic carbocycles. The highest BCUT2D eigenvalue weighted by Gasteiger charge is 2.35. The number of hydrogen-bond acceptors (Lipinski definition) is 6. The summed E-state index contributed by atoms with van der Waals surface area (Å²) in [6.07, 6.45) is 2.33. The Labute approximate surface area is 214 Å². The van der Waals surface area contributed by atoms with Crippen LogP contribution in [-0.2, 0) is 9.84 Å². The van der Waals surface area contributed by atoms with Gasteiger partial charge in [-0.1, -0.05) is 23.8 Å². The van der Waals surface area contributed by atoms with Crippen molar-refractivity contribution in [3.63, 3.8) is 0 Å². The Morgan fingerprint density at radius 1 is 1.14 bits per heavy atom. The summed E-state index contributed by atoms with van der Waals surface area (Å²) in [5.41, 5.74) is 3.20. The number of anilines is 2. The van der Waals surface area contributed by atoms with Gasteiger partial charge in [0.2, 0.25) is 0 Å². The molecule has 1 aliphatic heterocycles. The van der Waals surface area contributed by atoms with Gasteiger partial charge in [0.25, 0.3) is 5.92 Å². The van der Waals surface area contributed by atoms with Crippen molar-refractivity contribution in [3.05, 3.63) is 65.5 Å². The molecule has 37 heavy (non-hydrogen) atoms. The first-order valence-electron chi connectivity index (χ1n) is 12.0. The molecule has 192 valence electrons. The van der Waals surface area contributed by atoms with Gasteiger partial charge >= 0.3 is 0 Å². The standard InChI is InChI=1S/C27H27F2N5O2S/c1-17-12-20(18(2)31-23-6-4-5-7-24(23)37(3,35)36)21-14-25(33-10-8-27(28,29)9-11-33)34-16-19(15-30)32-26(34)22(21)13-17/h4-7,12-14,16,18,31H,8-11H2,1-3H3. The molecule has 4 aromatic rings. The van der Waals surface area contributed by atoms with Gasteiger partial charge in [0.15, 0.2) is 15.5 Å². The summed E-state index contributed by atoms with van der Waals surface area (Å²) in [5.74, 6) is -1.99. The summed E-state index contributed by atoms with van der Waals surface area (Å²) in [7, 11) is -3.45. The highest BCUT2D eigenvalue weighted by molar-refractivity contribution is 7.90. The number of para-hydroxylation sites is 1. The number of pyridine rings is 1. The molecule has 1 N–H and O–H groups in total. The van der Waals surface area contributed by atoms with Crippen LogP contribution in [0.4, 0.5) is 20.3 Å². The Balaban J connectivity index is 1.68. The topological polar surface area (TPSA) is 90.5 Å². The highest BCUT2D eigenvalue weighted by atomic mass is 32.2. The molecular weight excluding hydrogens is 496 g/mol. The summed E-state index contributed by atoms with van der Waals surface area (Å²) in [5, 5.41) is 14.6. The van der Waals surface area contributed by atoms with Crippen molar-refractivity contribution in [1.82, 2.24) is 9.38 Å². The summed E-state index contributed by atoms with van der Waals surface area (Å²) in [6.45, 7) is 4.28. The summed E-state index contributed by atoms with van der Waals surface area (Å²) in [4.78, 5) is 6.66. The zero-order valence-corrected chi connectivity index (χ0v) is 21.6. The SMILES string of the molecule is Cc1cc(C(C)Nc2ccccc2S(C)(=O)=O)c2cc(N3CCC(F)(F)CC3)n3cc(C#N)nc3c2c1. The number of nitriles is 1. The first-order valence-corrected chi connectivity index (χ1v) is 13.9. The maximum Gasteiger partial charge on any atom is 0.251 e. The van der Waals surface area contributed by atoms with Crippen LogP contribution in [0.3, 0.4) is 0 Å². The summed E-state index contributed by atoms with van der Waals surface area (Å²) < 4.78 is 54.3. The van der Waals surface area contributed by atoms with Crippen molar-refractivity contribution in [1.29, 1.82) is 5.26 Å². The molecule has 2 aromatic heterocycles. The molecule has 0 aliphatic carbocycles. The monoisotopic (exact) mass is 523 g/mol. The molecule has 0 bridgehead atoms. The molecule has 5 rings (SSSR count). The zero-order valence-electron chi connectivity index (χ0n) is 20.8. The third-order valence-electron chi connectivity index (χ3n) is 6.88. The van der Waals surface area contributed by atoms with Gasteiger partial charge < -0.3 is 10.2 Å². The van der Waals surface area contributed by atoms with Crippen LogP contribution >= 0.6 is 0 Å². The second-order valence-corrected chi connectivity index (χ2v) is 11.7. The number of alkyl halides is 2. The van der Waals surface area contributed by atoms with E-state index in [1.54, 1.807) is 30.5 Å². The second-order valence-electron chi connectivity index (χ2n) is 9.73. The Morgan fingerprint density at radius 2 is 1.84 bits per heavy atom. The Bertz CT molecular complexity index is 1660. The van der Waals surface area contributed by atoms with E-state index in [0.717, 1.165) is 21.9 Å². The largest absolute Gasteiger partial charge is 0.377 e. The predicted molar refractivity (Wildman–Crippen MR) is 140 cm³/mol. The van der Waals surface area contributed by atoms with Crippen molar-refractivity contribution in [2.24, 2.45) is 0 Å². The molecule has 1 aliphatic rings. The fourth-order valence-corrected chi connectivity index (χ4v) is 5.91. The smallest absolute Gasteiger partial charge is 0.251 e. The Hall–Kier alpha value is -3.71. The third kappa shape index (κ3) is 4.71. The number of aryl methyl sites for hydroxylation is 1. The number of nitrogens with zero attached hydrogens (tertiary/aromatic N) is 4. The van der Waals surface area contributed by atoms with E-state index in [1.807, 2.05) is 41.3 Å². The van der Waals surface area contributed by atoms with Gasteiger partial charge in [-0.05, 0) is 49.1 Å². The lowest BCUT2D eigenvalue weighted by molar-refractivity contribution is -0.0221. The van der Waals surface area contributed by atoms with Crippen molar-refractivity contribution < 1.29 is 17.2 Å². The molecular formula is C27H27F2N5O2S. The second kappa shape index (κ2) is 8.99. The molecule has 0 amide bonds. The molecule has 3 heterocycles. The molecule has 1 saturated heterocycles. The number of aromatic nitrogens is 2. The van der Waals surface area contributed by atoms with Crippen molar-refractivity contribution in [2.75, 3.05) is 29.6 Å². The van der Waals surface area contributed by atoms with Crippen LogP contribution in [0, 0.1) is 18.3 Å². The molecule has 10 heteroatoms. The minimum atomic E-state index is -3.45. The van der Waals surface area contributed by atoms with Crippen LogP contribution in [-0.4, -0.2) is 43.1 Å². The summed E-state index contributed by atoms with van der Waals surface area (Å²) >= 11 is 0. The normalized spacial score (nSPS) is 16.6. The molecule has 7 nitrogen and oxygen atoms in total. The van der Waals surface area contributed by atoms with Crippen LogP contribution in [0.25, 0.3) is 16.4 Å². The van der Waals surface area contributed by atoms with Crippen LogP contribution in [0.5, 0.6) is 0 Å². The third-order valence-corrected chi connectivity index (χ3v) is 8.04. The van der Waals surface area contributed by atoms with Crippen LogP contribution in [0.1, 0.15) is 42.6 Å². The van der Waals surface area contributed by atoms with E-state index in [1.165, 1.54) is 6.26 Å². The number of sulfone groups is 1. The average molecular weight is 524 g/mol. The lowest BCUT2D eigenvalue weighted by Gasteiger charge is -2.34. The fourth-order valence-electron chi connectivity index (χ4n) is 5.05. The average Bonchev–Trinajstić information content (AvgIpc) is 3.28. The zero-order chi connectivity index (χ0) is 26.5. The number of hydrogen-bond donors (Lipinski definition) is 1. The summed E-state index contributed by atoms with van der Waals surface area (Å²) in [6, 6.07) is 14.5. The lowest BCUT2D eigenvalue weighted by Crippen LogP contribution is -2.40. The molecule has 0 radical (unpaired) electrons. The minimum Gasteiger partial charge on any atom is -0.377 e. The number of halogens is 2. The molecule has 1 atom stereocenters. The van der Waals surface area contributed by atoms with Gasteiger partial charge in [0, 0.05) is 49.8 Å².